The molecule has 18 heavy (non-hydrogen) atoms. The van der Waals surface area contributed by atoms with Crippen molar-refractivity contribution in [3.63, 3.8) is 0 Å². The van der Waals surface area contributed by atoms with Crippen LogP contribution in [0.1, 0.15) is 5.56 Å². The number of thiophene rings is 1. The zero-order chi connectivity index (χ0) is 13.5. The first-order chi connectivity index (χ1) is 8.34. The van der Waals surface area contributed by atoms with Crippen LogP contribution in [0.2, 0.25) is 0 Å². The summed E-state index contributed by atoms with van der Waals surface area (Å²) in [6.45, 7) is 1.80. The Labute approximate surface area is 121 Å². The molecule has 1 fully saturated rings. The molecule has 100 valence electrons. The number of halogens is 1. The minimum absolute atomic E-state index is 0.181. The lowest BCUT2D eigenvalue weighted by atomic mass is 10.4. The van der Waals surface area contributed by atoms with Gasteiger partial charge in [-0.1, -0.05) is 0 Å². The van der Waals surface area contributed by atoms with E-state index in [0.29, 0.717) is 5.75 Å². The maximum Gasteiger partial charge on any atom is 0.322 e. The van der Waals surface area contributed by atoms with Crippen LogP contribution in [-0.2, 0) is 14.8 Å². The number of carboxylic acid groups (broad SMARTS) is 1. The van der Waals surface area contributed by atoms with Gasteiger partial charge in [0.05, 0.1) is 9.66 Å². The second-order valence-corrected chi connectivity index (χ2v) is 9.26. The molecular weight excluding hydrogens is 362 g/mol. The van der Waals surface area contributed by atoms with Gasteiger partial charge < -0.3 is 5.11 Å². The van der Waals surface area contributed by atoms with Crippen molar-refractivity contribution < 1.29 is 18.3 Å². The number of aryl methyl sites for hydroxylation is 1. The van der Waals surface area contributed by atoms with E-state index >= 15 is 0 Å². The zero-order valence-electron chi connectivity index (χ0n) is 9.29. The van der Waals surface area contributed by atoms with E-state index in [-0.39, 0.29) is 10.1 Å². The molecule has 0 amide bonds. The third kappa shape index (κ3) is 2.46. The lowest BCUT2D eigenvalue weighted by molar-refractivity contribution is -0.140. The Morgan fingerprint density at radius 3 is 2.78 bits per heavy atom. The zero-order valence-corrected chi connectivity index (χ0v) is 13.3. The standard InChI is InChI=1S/C9H10BrNO4S3/c1-5-2-7(17-8(5)10)18(14,15)11-4-16-3-6(11)9(12)13/h2,6H,3-4H2,1H3,(H,12,13). The first-order valence-electron chi connectivity index (χ1n) is 4.92. The van der Waals surface area contributed by atoms with Gasteiger partial charge >= 0.3 is 5.97 Å². The molecule has 2 rings (SSSR count). The van der Waals surface area contributed by atoms with Crippen LogP contribution in [0.15, 0.2) is 14.1 Å². The number of hydrogen-bond donors (Lipinski definition) is 1. The number of aliphatic carboxylic acids is 1. The molecular formula is C9H10BrNO4S3. The summed E-state index contributed by atoms with van der Waals surface area (Å²) < 4.78 is 26.7. The number of carboxylic acids is 1. The maximum atomic E-state index is 12.4. The Kier molecular flexibility index (Phi) is 4.07. The van der Waals surface area contributed by atoms with Crippen LogP contribution in [0, 0.1) is 6.92 Å². The molecule has 9 heteroatoms. The Balaban J connectivity index is 2.39. The van der Waals surface area contributed by atoms with E-state index < -0.39 is 22.0 Å². The number of carbonyl (C=O) groups is 1. The lowest BCUT2D eigenvalue weighted by Crippen LogP contribution is -2.41. The summed E-state index contributed by atoms with van der Waals surface area (Å²) in [6.07, 6.45) is 0. The Morgan fingerprint density at radius 2 is 2.28 bits per heavy atom. The fourth-order valence-electron chi connectivity index (χ4n) is 1.53. The monoisotopic (exact) mass is 371 g/mol. The van der Waals surface area contributed by atoms with Crippen molar-refractivity contribution in [3.05, 3.63) is 15.4 Å². The summed E-state index contributed by atoms with van der Waals surface area (Å²) in [4.78, 5) is 11.0. The van der Waals surface area contributed by atoms with Gasteiger partial charge in [-0.05, 0) is 34.5 Å². The molecule has 1 atom stereocenters. The van der Waals surface area contributed by atoms with E-state index in [4.69, 9.17) is 5.11 Å². The van der Waals surface area contributed by atoms with Gasteiger partial charge in [0.1, 0.15) is 10.3 Å². The number of nitrogens with zero attached hydrogens (tertiary/aromatic N) is 1. The molecule has 0 aliphatic carbocycles. The quantitative estimate of drug-likeness (QED) is 0.878. The molecule has 0 saturated carbocycles. The van der Waals surface area contributed by atoms with Gasteiger partial charge in [0.2, 0.25) is 0 Å². The fraction of sp³-hybridized carbons (Fsp3) is 0.444. The second kappa shape index (κ2) is 5.12. The first kappa shape index (κ1) is 14.3. The van der Waals surface area contributed by atoms with Crippen molar-refractivity contribution in [2.24, 2.45) is 0 Å². The summed E-state index contributed by atoms with van der Waals surface area (Å²) in [6, 6.07) is 0.590. The smallest absolute Gasteiger partial charge is 0.322 e. The maximum absolute atomic E-state index is 12.4. The molecule has 1 unspecified atom stereocenters. The highest BCUT2D eigenvalue weighted by Gasteiger charge is 2.40. The topological polar surface area (TPSA) is 74.7 Å². The van der Waals surface area contributed by atoms with Crippen LogP contribution in [0.5, 0.6) is 0 Å². The van der Waals surface area contributed by atoms with Crippen LogP contribution >= 0.6 is 39.0 Å². The minimum Gasteiger partial charge on any atom is -0.480 e. The molecule has 1 N–H and O–H groups in total. The summed E-state index contributed by atoms with van der Waals surface area (Å²) in [5.74, 6) is -0.621. The molecule has 1 aliphatic heterocycles. The van der Waals surface area contributed by atoms with E-state index in [0.717, 1.165) is 25.0 Å². The van der Waals surface area contributed by atoms with Crippen molar-refractivity contribution in [2.75, 3.05) is 11.6 Å². The van der Waals surface area contributed by atoms with E-state index in [9.17, 15) is 13.2 Å². The van der Waals surface area contributed by atoms with E-state index in [1.807, 2.05) is 0 Å². The lowest BCUT2D eigenvalue weighted by Gasteiger charge is -2.18. The number of sulfonamides is 1. The SMILES string of the molecule is Cc1cc(S(=O)(=O)N2CSCC2C(=O)O)sc1Br. The van der Waals surface area contributed by atoms with Gasteiger partial charge in [-0.25, -0.2) is 8.42 Å². The molecule has 1 aromatic rings. The van der Waals surface area contributed by atoms with E-state index in [2.05, 4.69) is 15.9 Å². The summed E-state index contributed by atoms with van der Waals surface area (Å²) in [5.41, 5.74) is 0.831. The average Bonchev–Trinajstić information content (AvgIpc) is 2.87. The summed E-state index contributed by atoms with van der Waals surface area (Å²) in [7, 11) is -3.71. The van der Waals surface area contributed by atoms with Crippen molar-refractivity contribution in [1.29, 1.82) is 0 Å². The van der Waals surface area contributed by atoms with Gasteiger partial charge in [-0.2, -0.15) is 4.31 Å². The molecule has 1 saturated heterocycles. The van der Waals surface area contributed by atoms with E-state index in [1.54, 1.807) is 13.0 Å². The molecule has 1 aliphatic rings. The summed E-state index contributed by atoms with van der Waals surface area (Å²) >= 11 is 5.69. The molecule has 0 bridgehead atoms. The van der Waals surface area contributed by atoms with Gasteiger partial charge in [-0.15, -0.1) is 23.1 Å². The van der Waals surface area contributed by atoms with Gasteiger partial charge in [0, 0.05) is 5.75 Å². The Bertz CT molecular complexity index is 563. The molecule has 0 aromatic carbocycles. The van der Waals surface area contributed by atoms with Gasteiger partial charge in [-0.3, -0.25) is 4.79 Å². The predicted molar refractivity (Wildman–Crippen MR) is 74.5 cm³/mol. The first-order valence-corrected chi connectivity index (χ1v) is 9.13. The van der Waals surface area contributed by atoms with Crippen molar-refractivity contribution in [3.8, 4) is 0 Å². The van der Waals surface area contributed by atoms with Crippen molar-refractivity contribution >= 4 is 55.0 Å². The Morgan fingerprint density at radius 1 is 1.61 bits per heavy atom. The predicted octanol–water partition coefficient (Wildman–Crippen LogP) is 1.97. The third-order valence-corrected chi connectivity index (χ3v) is 8.14. The number of hydrogen-bond acceptors (Lipinski definition) is 5. The normalized spacial score (nSPS) is 21.3. The average molecular weight is 372 g/mol. The minimum atomic E-state index is -3.71. The van der Waals surface area contributed by atoms with Gasteiger partial charge in [0.25, 0.3) is 10.0 Å². The highest BCUT2D eigenvalue weighted by molar-refractivity contribution is 9.11. The third-order valence-electron chi connectivity index (χ3n) is 2.52. The molecule has 5 nitrogen and oxygen atoms in total. The molecule has 0 radical (unpaired) electrons. The van der Waals surface area contributed by atoms with Gasteiger partial charge in [0.15, 0.2) is 0 Å². The largest absolute Gasteiger partial charge is 0.480 e. The molecule has 0 spiro atoms. The van der Waals surface area contributed by atoms with Crippen LogP contribution in [-0.4, -0.2) is 41.5 Å². The number of thioether (sulfide) groups is 1. The van der Waals surface area contributed by atoms with Crippen molar-refractivity contribution in [2.45, 2.75) is 17.2 Å². The number of rotatable bonds is 3. The fourth-order valence-corrected chi connectivity index (χ4v) is 7.02. The highest BCUT2D eigenvalue weighted by Crippen LogP contribution is 2.35. The van der Waals surface area contributed by atoms with Crippen LogP contribution in [0.25, 0.3) is 0 Å². The highest BCUT2D eigenvalue weighted by atomic mass is 79.9. The molecule has 1 aromatic heterocycles. The second-order valence-electron chi connectivity index (χ2n) is 3.77. The Hall–Kier alpha value is -0.0900. The van der Waals surface area contributed by atoms with Crippen LogP contribution in [0.3, 0.4) is 0 Å². The van der Waals surface area contributed by atoms with Crippen LogP contribution in [0.4, 0.5) is 0 Å². The molecule has 2 heterocycles. The van der Waals surface area contributed by atoms with Crippen LogP contribution < -0.4 is 0 Å². The summed E-state index contributed by atoms with van der Waals surface area (Å²) in [5, 5.41) is 9.03. The van der Waals surface area contributed by atoms with E-state index in [1.165, 1.54) is 11.8 Å². The van der Waals surface area contributed by atoms with Crippen molar-refractivity contribution in [1.82, 2.24) is 4.31 Å².